The summed E-state index contributed by atoms with van der Waals surface area (Å²) < 4.78 is 26.9. The van der Waals surface area contributed by atoms with Crippen LogP contribution in [0.3, 0.4) is 0 Å². The molecule has 0 unspecified atom stereocenters. The maximum atomic E-state index is 12.4. The van der Waals surface area contributed by atoms with E-state index in [1.807, 2.05) is 0 Å². The van der Waals surface area contributed by atoms with Crippen LogP contribution in [0.4, 0.5) is 0 Å². The van der Waals surface area contributed by atoms with Gasteiger partial charge in [0.1, 0.15) is 0 Å². The minimum Gasteiger partial charge on any atom is -0.288 e. The van der Waals surface area contributed by atoms with Gasteiger partial charge in [0.25, 0.3) is 0 Å². The molecule has 0 aromatic carbocycles. The molecule has 2 amide bonds. The van der Waals surface area contributed by atoms with Crippen LogP contribution in [0.15, 0.2) is 0 Å². The van der Waals surface area contributed by atoms with Crippen molar-refractivity contribution < 1.29 is 27.9 Å². The molecule has 9 heteroatoms. The highest BCUT2D eigenvalue weighted by Crippen LogP contribution is 2.46. The molecular weight excluding hydrogens is 359 g/mol. The van der Waals surface area contributed by atoms with E-state index < -0.39 is 7.82 Å². The number of hydrogen-bond donors (Lipinski definition) is 2. The average Bonchev–Trinajstić information content (AvgIpc) is 3.09. The number of carbonyl (C=O) groups excluding carboxylic acids is 2. The summed E-state index contributed by atoms with van der Waals surface area (Å²) in [4.78, 5) is 24.4. The van der Waals surface area contributed by atoms with Gasteiger partial charge in [0.15, 0.2) is 0 Å². The highest BCUT2D eigenvalue weighted by molar-refractivity contribution is 7.48. The van der Waals surface area contributed by atoms with Crippen molar-refractivity contribution in [3.8, 4) is 0 Å². The highest BCUT2D eigenvalue weighted by Gasteiger charge is 2.31. The maximum absolute atomic E-state index is 12.4. The number of rotatable bonds is 7. The van der Waals surface area contributed by atoms with Crippen LogP contribution in [-0.2, 0) is 27.9 Å². The topological polar surface area (TPSA) is 103 Å². The number of nitrogens with one attached hydrogen (secondary N) is 2. The molecular formula is C17H31N2O6P. The Morgan fingerprint density at radius 2 is 1.08 bits per heavy atom. The summed E-state index contributed by atoms with van der Waals surface area (Å²) in [5.74, 6) is -0.988. The van der Waals surface area contributed by atoms with Gasteiger partial charge in [-0.15, -0.1) is 0 Å². The fourth-order valence-electron chi connectivity index (χ4n) is 3.54. The predicted octanol–water partition coefficient (Wildman–Crippen LogP) is 3.78. The molecule has 0 bridgehead atoms. The highest BCUT2D eigenvalue weighted by atomic mass is 31.2. The molecule has 0 aromatic heterocycles. The quantitative estimate of drug-likeness (QED) is 0.390. The van der Waals surface area contributed by atoms with E-state index in [1.54, 1.807) is 0 Å². The summed E-state index contributed by atoms with van der Waals surface area (Å²) in [5.41, 5.74) is 4.36. The number of hydrogen-bond acceptors (Lipinski definition) is 6. The summed E-state index contributed by atoms with van der Waals surface area (Å²) in [6.45, 7) is 0. The Morgan fingerprint density at radius 3 is 1.38 bits per heavy atom. The Kier molecular flexibility index (Phi) is 9.05. The zero-order valence-corrected chi connectivity index (χ0v) is 16.4. The van der Waals surface area contributed by atoms with E-state index in [0.717, 1.165) is 84.2 Å². The molecule has 2 aliphatic rings. The molecule has 8 nitrogen and oxygen atoms in total. The lowest BCUT2D eigenvalue weighted by atomic mass is 10.0. The van der Waals surface area contributed by atoms with Gasteiger partial charge in [-0.2, -0.15) is 9.25 Å². The lowest BCUT2D eigenvalue weighted by Crippen LogP contribution is -2.33. The molecule has 0 aliphatic heterocycles. The molecule has 26 heavy (non-hydrogen) atoms. The van der Waals surface area contributed by atoms with Gasteiger partial charge in [0, 0.05) is 18.9 Å². The van der Waals surface area contributed by atoms with Gasteiger partial charge < -0.3 is 0 Å². The van der Waals surface area contributed by atoms with Crippen LogP contribution in [-0.4, -0.2) is 18.9 Å². The summed E-state index contributed by atoms with van der Waals surface area (Å²) in [6.07, 6.45) is 11.6. The van der Waals surface area contributed by atoms with Gasteiger partial charge >= 0.3 is 7.82 Å². The van der Waals surface area contributed by atoms with Crippen molar-refractivity contribution in [3.05, 3.63) is 0 Å². The van der Waals surface area contributed by atoms with Crippen molar-refractivity contribution in [1.82, 2.24) is 11.0 Å². The van der Waals surface area contributed by atoms with Crippen molar-refractivity contribution in [2.24, 2.45) is 11.8 Å². The van der Waals surface area contributed by atoms with Gasteiger partial charge in [0.2, 0.25) is 11.8 Å². The molecule has 0 atom stereocenters. The Bertz CT molecular complexity index is 459. The Labute approximate surface area is 155 Å². The summed E-state index contributed by atoms with van der Waals surface area (Å²) in [7, 11) is -2.96. The van der Waals surface area contributed by atoms with Crippen LogP contribution >= 0.6 is 7.82 Å². The number of carbonyl (C=O) groups is 2. The van der Waals surface area contributed by atoms with Crippen LogP contribution in [0.1, 0.15) is 77.0 Å². The summed E-state index contributed by atoms with van der Waals surface area (Å²) >= 11 is 0. The molecule has 0 radical (unpaired) electrons. The summed E-state index contributed by atoms with van der Waals surface area (Å²) in [6, 6.07) is 0. The van der Waals surface area contributed by atoms with E-state index in [1.165, 1.54) is 0 Å². The second kappa shape index (κ2) is 11.0. The van der Waals surface area contributed by atoms with Gasteiger partial charge in [-0.1, -0.05) is 51.4 Å². The van der Waals surface area contributed by atoms with Crippen molar-refractivity contribution in [1.29, 1.82) is 0 Å². The maximum Gasteiger partial charge on any atom is 0.517 e. The normalized spacial score (nSPS) is 20.8. The molecule has 2 fully saturated rings. The lowest BCUT2D eigenvalue weighted by molar-refractivity contribution is -0.136. The van der Waals surface area contributed by atoms with Crippen molar-refractivity contribution in [2.75, 3.05) is 7.11 Å². The minimum atomic E-state index is -4.10. The van der Waals surface area contributed by atoms with Crippen molar-refractivity contribution >= 4 is 19.6 Å². The summed E-state index contributed by atoms with van der Waals surface area (Å²) in [5, 5.41) is 0. The van der Waals surface area contributed by atoms with E-state index in [0.29, 0.717) is 0 Å². The number of amides is 2. The average molecular weight is 390 g/mol. The fraction of sp³-hybridized carbons (Fsp3) is 0.882. The SMILES string of the molecule is COP(=O)(ONC(=O)C1CCCCCC1)ONC(=O)C1CCCCCC1. The monoisotopic (exact) mass is 390 g/mol. The second-order valence-corrected chi connectivity index (χ2v) is 8.75. The first-order valence-electron chi connectivity index (χ1n) is 9.67. The third kappa shape index (κ3) is 6.99. The first-order chi connectivity index (χ1) is 12.5. The van der Waals surface area contributed by atoms with Gasteiger partial charge in [0.05, 0.1) is 0 Å². The van der Waals surface area contributed by atoms with Crippen LogP contribution in [0.25, 0.3) is 0 Å². The largest absolute Gasteiger partial charge is 0.517 e. The first-order valence-corrected chi connectivity index (χ1v) is 11.1. The Morgan fingerprint density at radius 1 is 0.731 bits per heavy atom. The molecule has 2 rings (SSSR count). The first kappa shape index (κ1) is 21.4. The van der Waals surface area contributed by atoms with Gasteiger partial charge in [-0.25, -0.2) is 15.5 Å². The van der Waals surface area contributed by atoms with Crippen LogP contribution < -0.4 is 11.0 Å². The van der Waals surface area contributed by atoms with Crippen molar-refractivity contribution in [3.63, 3.8) is 0 Å². The number of phosphoric acid groups is 1. The Balaban J connectivity index is 1.78. The number of hydroxylamine groups is 2. The molecule has 2 saturated carbocycles. The standard InChI is InChI=1S/C17H31N2O6P/c1-23-26(22,24-18-16(20)14-10-6-2-3-7-11-14)25-19-17(21)15-12-8-4-5-9-13-15/h14-15H,2-13H2,1H3,(H,18,20)(H,19,21). The predicted molar refractivity (Wildman–Crippen MR) is 95.5 cm³/mol. The van der Waals surface area contributed by atoms with E-state index in [-0.39, 0.29) is 23.7 Å². The molecule has 0 aromatic rings. The zero-order valence-electron chi connectivity index (χ0n) is 15.5. The van der Waals surface area contributed by atoms with Gasteiger partial charge in [-0.3, -0.25) is 14.1 Å². The van der Waals surface area contributed by atoms with E-state index >= 15 is 0 Å². The van der Waals surface area contributed by atoms with Crippen LogP contribution in [0.2, 0.25) is 0 Å². The van der Waals surface area contributed by atoms with E-state index in [9.17, 15) is 14.2 Å². The molecule has 0 heterocycles. The minimum absolute atomic E-state index is 0.164. The smallest absolute Gasteiger partial charge is 0.288 e. The zero-order chi connectivity index (χ0) is 18.8. The molecule has 2 aliphatic carbocycles. The van der Waals surface area contributed by atoms with E-state index in [2.05, 4.69) is 11.0 Å². The molecule has 0 spiro atoms. The Hall–Kier alpha value is -0.950. The molecule has 2 N–H and O–H groups in total. The molecule has 0 saturated heterocycles. The van der Waals surface area contributed by atoms with Crippen LogP contribution in [0.5, 0.6) is 0 Å². The lowest BCUT2D eigenvalue weighted by Gasteiger charge is -2.19. The van der Waals surface area contributed by atoms with Crippen molar-refractivity contribution in [2.45, 2.75) is 77.0 Å². The van der Waals surface area contributed by atoms with E-state index in [4.69, 9.17) is 13.8 Å². The van der Waals surface area contributed by atoms with Gasteiger partial charge in [-0.05, 0) is 25.7 Å². The third-order valence-electron chi connectivity index (χ3n) is 5.19. The fourth-order valence-corrected chi connectivity index (χ4v) is 4.13. The van der Waals surface area contributed by atoms with Crippen LogP contribution in [0, 0.1) is 11.8 Å². The third-order valence-corrected chi connectivity index (χ3v) is 6.27. The second-order valence-electron chi connectivity index (χ2n) is 7.12. The molecule has 150 valence electrons.